The summed E-state index contributed by atoms with van der Waals surface area (Å²) >= 11 is 0. The van der Waals surface area contributed by atoms with Gasteiger partial charge in [-0.05, 0) is 57.4 Å². The maximum Gasteiger partial charge on any atom is 0.143 e. The van der Waals surface area contributed by atoms with Crippen molar-refractivity contribution < 1.29 is 4.74 Å². The molecule has 1 fully saturated rings. The predicted octanol–water partition coefficient (Wildman–Crippen LogP) is 2.98. The molecule has 0 spiro atoms. The first-order chi connectivity index (χ1) is 9.53. The Morgan fingerprint density at radius 2 is 2.20 bits per heavy atom. The monoisotopic (exact) mass is 274 g/mol. The van der Waals surface area contributed by atoms with Gasteiger partial charge in [0.25, 0.3) is 0 Å². The van der Waals surface area contributed by atoms with Gasteiger partial charge < -0.3 is 15.0 Å². The Morgan fingerprint density at radius 3 is 2.95 bits per heavy atom. The van der Waals surface area contributed by atoms with E-state index in [1.165, 1.54) is 37.1 Å². The molecule has 0 saturated carbocycles. The Kier molecular flexibility index (Phi) is 3.63. The van der Waals surface area contributed by atoms with Crippen LogP contribution in [0.5, 0.6) is 5.75 Å². The third kappa shape index (κ3) is 2.93. The van der Waals surface area contributed by atoms with Crippen LogP contribution >= 0.6 is 0 Å². The highest BCUT2D eigenvalue weighted by molar-refractivity contribution is 5.61. The zero-order valence-corrected chi connectivity index (χ0v) is 12.9. The molecule has 1 unspecified atom stereocenters. The first-order valence-electron chi connectivity index (χ1n) is 7.80. The lowest BCUT2D eigenvalue weighted by Crippen LogP contribution is -2.45. The Balaban J connectivity index is 1.77. The summed E-state index contributed by atoms with van der Waals surface area (Å²) in [6.45, 7) is 6.40. The fourth-order valence-electron chi connectivity index (χ4n) is 3.44. The third-order valence-corrected chi connectivity index (χ3v) is 4.33. The summed E-state index contributed by atoms with van der Waals surface area (Å²) in [4.78, 5) is 2.32. The van der Waals surface area contributed by atoms with E-state index in [0.717, 1.165) is 18.7 Å². The molecule has 2 aliphatic heterocycles. The van der Waals surface area contributed by atoms with Crippen LogP contribution in [0.1, 0.15) is 38.7 Å². The number of ether oxygens (including phenoxy) is 1. The lowest BCUT2D eigenvalue weighted by atomic mass is 9.96. The number of rotatable bonds is 2. The van der Waals surface area contributed by atoms with Crippen molar-refractivity contribution in [3.05, 3.63) is 23.8 Å². The van der Waals surface area contributed by atoms with Crippen molar-refractivity contribution in [3.8, 4) is 5.75 Å². The molecule has 0 aliphatic carbocycles. The van der Waals surface area contributed by atoms with Crippen molar-refractivity contribution in [2.75, 3.05) is 25.0 Å². The van der Waals surface area contributed by atoms with Gasteiger partial charge in [-0.2, -0.15) is 0 Å². The average molecular weight is 274 g/mol. The quantitative estimate of drug-likeness (QED) is 0.897. The average Bonchev–Trinajstić information content (AvgIpc) is 2.40. The molecule has 2 aliphatic rings. The molecule has 20 heavy (non-hydrogen) atoms. The fourth-order valence-corrected chi connectivity index (χ4v) is 3.44. The normalized spacial score (nSPS) is 24.9. The number of anilines is 1. The van der Waals surface area contributed by atoms with Gasteiger partial charge in [0.05, 0.1) is 12.2 Å². The van der Waals surface area contributed by atoms with Crippen LogP contribution in [0, 0.1) is 0 Å². The van der Waals surface area contributed by atoms with Crippen molar-refractivity contribution in [1.82, 2.24) is 5.32 Å². The van der Waals surface area contributed by atoms with E-state index in [2.05, 4.69) is 49.3 Å². The van der Waals surface area contributed by atoms with Gasteiger partial charge in [-0.25, -0.2) is 0 Å². The maximum absolute atomic E-state index is 6.08. The summed E-state index contributed by atoms with van der Waals surface area (Å²) in [5.41, 5.74) is 2.55. The van der Waals surface area contributed by atoms with Gasteiger partial charge in [-0.3, -0.25) is 0 Å². The van der Waals surface area contributed by atoms with E-state index < -0.39 is 0 Å². The molecule has 1 aromatic carbocycles. The van der Waals surface area contributed by atoms with Crippen LogP contribution in [-0.4, -0.2) is 31.8 Å². The number of hydrogen-bond donors (Lipinski definition) is 1. The number of likely N-dealkylation sites (N-methyl/N-ethyl adjacent to an activating group) is 1. The summed E-state index contributed by atoms with van der Waals surface area (Å²) in [5.74, 6) is 1.02. The first-order valence-corrected chi connectivity index (χ1v) is 7.80. The van der Waals surface area contributed by atoms with Gasteiger partial charge in [0, 0.05) is 13.1 Å². The van der Waals surface area contributed by atoms with Crippen molar-refractivity contribution >= 4 is 5.69 Å². The molecule has 1 N–H and O–H groups in total. The van der Waals surface area contributed by atoms with Crippen LogP contribution in [0.2, 0.25) is 0 Å². The second kappa shape index (κ2) is 5.28. The third-order valence-electron chi connectivity index (χ3n) is 4.33. The van der Waals surface area contributed by atoms with Crippen LogP contribution < -0.4 is 15.0 Å². The standard InChI is InChI=1S/C17H26N2O/c1-17(2)12-19(3)15-11-13(7-8-16(15)20-17)10-14-6-4-5-9-18-14/h7-8,11,14,18H,4-6,9-10,12H2,1-3H3. The molecule has 0 radical (unpaired) electrons. The van der Waals surface area contributed by atoms with E-state index in [9.17, 15) is 0 Å². The van der Waals surface area contributed by atoms with E-state index in [1.807, 2.05) is 0 Å². The zero-order chi connectivity index (χ0) is 14.2. The fraction of sp³-hybridized carbons (Fsp3) is 0.647. The van der Waals surface area contributed by atoms with Gasteiger partial charge >= 0.3 is 0 Å². The molecular formula is C17H26N2O. The maximum atomic E-state index is 6.08. The molecule has 1 aromatic rings. The summed E-state index contributed by atoms with van der Waals surface area (Å²) in [6, 6.07) is 7.32. The second-order valence-corrected chi connectivity index (χ2v) is 6.87. The minimum absolute atomic E-state index is 0.103. The van der Waals surface area contributed by atoms with Gasteiger partial charge in [-0.15, -0.1) is 0 Å². The number of hydrogen-bond acceptors (Lipinski definition) is 3. The number of benzene rings is 1. The highest BCUT2D eigenvalue weighted by atomic mass is 16.5. The van der Waals surface area contributed by atoms with Crippen LogP contribution in [0.3, 0.4) is 0 Å². The topological polar surface area (TPSA) is 24.5 Å². The largest absolute Gasteiger partial charge is 0.484 e. The lowest BCUT2D eigenvalue weighted by molar-refractivity contribution is 0.107. The molecule has 1 saturated heterocycles. The van der Waals surface area contributed by atoms with Gasteiger partial charge in [0.15, 0.2) is 0 Å². The minimum Gasteiger partial charge on any atom is -0.484 e. The summed E-state index contributed by atoms with van der Waals surface area (Å²) in [7, 11) is 2.16. The lowest BCUT2D eigenvalue weighted by Gasteiger charge is -2.39. The second-order valence-electron chi connectivity index (χ2n) is 6.87. The van der Waals surface area contributed by atoms with E-state index >= 15 is 0 Å². The summed E-state index contributed by atoms with van der Waals surface area (Å²) < 4.78 is 6.08. The Hall–Kier alpha value is -1.22. The Bertz CT molecular complexity index is 478. The van der Waals surface area contributed by atoms with Crippen LogP contribution in [0.4, 0.5) is 5.69 Å². The van der Waals surface area contributed by atoms with Gasteiger partial charge in [0.1, 0.15) is 11.4 Å². The number of piperidine rings is 1. The molecule has 0 bridgehead atoms. The molecule has 3 rings (SSSR count). The summed E-state index contributed by atoms with van der Waals surface area (Å²) in [5, 5.41) is 3.63. The smallest absolute Gasteiger partial charge is 0.143 e. The van der Waals surface area contributed by atoms with Crippen molar-refractivity contribution in [2.45, 2.75) is 51.2 Å². The summed E-state index contributed by atoms with van der Waals surface area (Å²) in [6.07, 6.45) is 5.12. The van der Waals surface area contributed by atoms with Crippen LogP contribution in [-0.2, 0) is 6.42 Å². The molecule has 3 nitrogen and oxygen atoms in total. The van der Waals surface area contributed by atoms with E-state index in [-0.39, 0.29) is 5.60 Å². The minimum atomic E-state index is -0.103. The molecule has 0 amide bonds. The van der Waals surface area contributed by atoms with Crippen LogP contribution in [0.25, 0.3) is 0 Å². The van der Waals surface area contributed by atoms with E-state index in [1.54, 1.807) is 0 Å². The van der Waals surface area contributed by atoms with E-state index in [0.29, 0.717) is 6.04 Å². The molecule has 1 atom stereocenters. The highest BCUT2D eigenvalue weighted by Gasteiger charge is 2.30. The molecule has 2 heterocycles. The number of fused-ring (bicyclic) bond motifs is 1. The highest BCUT2D eigenvalue weighted by Crippen LogP contribution is 2.37. The number of nitrogens with zero attached hydrogens (tertiary/aromatic N) is 1. The molecular weight excluding hydrogens is 248 g/mol. The molecule has 3 heteroatoms. The Morgan fingerprint density at radius 1 is 1.35 bits per heavy atom. The molecule has 110 valence electrons. The first kappa shape index (κ1) is 13.7. The Labute approximate surface area is 122 Å². The van der Waals surface area contributed by atoms with Crippen LogP contribution in [0.15, 0.2) is 18.2 Å². The van der Waals surface area contributed by atoms with Crippen molar-refractivity contribution in [2.24, 2.45) is 0 Å². The van der Waals surface area contributed by atoms with E-state index in [4.69, 9.17) is 4.74 Å². The van der Waals surface area contributed by atoms with Gasteiger partial charge in [-0.1, -0.05) is 12.5 Å². The predicted molar refractivity (Wildman–Crippen MR) is 83.8 cm³/mol. The molecule has 0 aromatic heterocycles. The zero-order valence-electron chi connectivity index (χ0n) is 12.9. The number of nitrogens with one attached hydrogen (secondary N) is 1. The van der Waals surface area contributed by atoms with Gasteiger partial charge in [0.2, 0.25) is 0 Å². The SMILES string of the molecule is CN1CC(C)(C)Oc2ccc(CC3CCCCN3)cc21. The van der Waals surface area contributed by atoms with Crippen molar-refractivity contribution in [3.63, 3.8) is 0 Å². The van der Waals surface area contributed by atoms with Crippen molar-refractivity contribution in [1.29, 1.82) is 0 Å².